The number of esters is 1. The fraction of sp³-hybridized carbons (Fsp3) is 0.200. The van der Waals surface area contributed by atoms with Gasteiger partial charge in [-0.25, -0.2) is 4.98 Å². The van der Waals surface area contributed by atoms with Crippen LogP contribution in [0.25, 0.3) is 11.0 Å². The van der Waals surface area contributed by atoms with Crippen molar-refractivity contribution in [1.29, 1.82) is 0 Å². The molecule has 2 aromatic rings. The van der Waals surface area contributed by atoms with E-state index in [1.54, 1.807) is 6.33 Å². The lowest BCUT2D eigenvalue weighted by molar-refractivity contribution is -0.139. The first-order valence-corrected chi connectivity index (χ1v) is 5.47. The molecule has 15 heavy (non-hydrogen) atoms. The zero-order valence-electron chi connectivity index (χ0n) is 8.08. The van der Waals surface area contributed by atoms with Gasteiger partial charge in [-0.3, -0.25) is 4.79 Å². The molecule has 0 aliphatic carbocycles. The third-order valence-corrected chi connectivity index (χ3v) is 3.16. The van der Waals surface area contributed by atoms with E-state index in [1.165, 1.54) is 7.11 Å². The molecule has 0 amide bonds. The predicted octanol–water partition coefficient (Wildman–Crippen LogP) is 1.88. The highest BCUT2D eigenvalue weighted by atomic mass is 127. The Morgan fingerprint density at radius 1 is 1.60 bits per heavy atom. The van der Waals surface area contributed by atoms with Crippen molar-refractivity contribution in [1.82, 2.24) is 9.97 Å². The van der Waals surface area contributed by atoms with Crippen LogP contribution in [0.5, 0.6) is 0 Å². The molecule has 0 saturated carbocycles. The summed E-state index contributed by atoms with van der Waals surface area (Å²) >= 11 is 2.19. The summed E-state index contributed by atoms with van der Waals surface area (Å²) in [6.07, 6.45) is 1.94. The molecule has 1 aromatic carbocycles. The number of carbonyl (C=O) groups excluding carboxylic acids is 1. The Morgan fingerprint density at radius 3 is 3.13 bits per heavy atom. The molecule has 0 aliphatic heterocycles. The molecule has 1 N–H and O–H groups in total. The van der Waals surface area contributed by atoms with Crippen LogP contribution < -0.4 is 0 Å². The molecule has 1 heterocycles. The number of aromatic amines is 1. The summed E-state index contributed by atoms with van der Waals surface area (Å²) in [5.74, 6) is -0.230. The van der Waals surface area contributed by atoms with Crippen LogP contribution >= 0.6 is 22.6 Å². The summed E-state index contributed by atoms with van der Waals surface area (Å²) < 4.78 is 5.66. The van der Waals surface area contributed by atoms with Gasteiger partial charge in [-0.05, 0) is 40.3 Å². The second-order valence-electron chi connectivity index (χ2n) is 3.12. The quantitative estimate of drug-likeness (QED) is 0.680. The van der Waals surface area contributed by atoms with Crippen molar-refractivity contribution in [3.05, 3.63) is 27.6 Å². The number of halogens is 1. The number of hydrogen-bond donors (Lipinski definition) is 1. The molecule has 4 nitrogen and oxygen atoms in total. The Morgan fingerprint density at radius 2 is 2.40 bits per heavy atom. The number of nitrogens with one attached hydrogen (secondary N) is 1. The van der Waals surface area contributed by atoms with E-state index in [9.17, 15) is 4.79 Å². The van der Waals surface area contributed by atoms with Gasteiger partial charge >= 0.3 is 5.97 Å². The van der Waals surface area contributed by atoms with Crippen molar-refractivity contribution in [3.8, 4) is 0 Å². The number of ether oxygens (including phenoxy) is 1. The van der Waals surface area contributed by atoms with Crippen LogP contribution in [0.4, 0.5) is 0 Å². The molecule has 0 fully saturated rings. The second kappa shape index (κ2) is 4.18. The van der Waals surface area contributed by atoms with Gasteiger partial charge in [0.1, 0.15) is 0 Å². The monoisotopic (exact) mass is 316 g/mol. The molecular formula is C10H9IN2O2. The average Bonchev–Trinajstić information content (AvgIpc) is 2.65. The van der Waals surface area contributed by atoms with E-state index < -0.39 is 0 Å². The molecule has 0 spiro atoms. The number of aromatic nitrogens is 2. The number of nitrogens with zero attached hydrogens (tertiary/aromatic N) is 1. The first-order valence-electron chi connectivity index (χ1n) is 4.39. The minimum atomic E-state index is -0.230. The van der Waals surface area contributed by atoms with E-state index >= 15 is 0 Å². The van der Waals surface area contributed by atoms with Crippen LogP contribution in [0.1, 0.15) is 5.56 Å². The van der Waals surface area contributed by atoms with Gasteiger partial charge in [-0.2, -0.15) is 0 Å². The van der Waals surface area contributed by atoms with Gasteiger partial charge in [0.2, 0.25) is 0 Å². The topological polar surface area (TPSA) is 55.0 Å². The van der Waals surface area contributed by atoms with Gasteiger partial charge in [-0.1, -0.05) is 0 Å². The van der Waals surface area contributed by atoms with Crippen molar-refractivity contribution in [2.45, 2.75) is 6.42 Å². The number of imidazole rings is 1. The summed E-state index contributed by atoms with van der Waals surface area (Å²) in [4.78, 5) is 18.3. The van der Waals surface area contributed by atoms with E-state index in [2.05, 4.69) is 37.3 Å². The Bertz CT molecular complexity index is 507. The zero-order chi connectivity index (χ0) is 10.8. The highest BCUT2D eigenvalue weighted by Crippen LogP contribution is 2.19. The Hall–Kier alpha value is -1.11. The molecule has 78 valence electrons. The standard InChI is InChI=1S/C10H9IN2O2/c1-15-10(14)3-6-2-8-9(4-7(6)11)13-5-12-8/h2,4-5H,3H2,1H3,(H,12,13). The maximum absolute atomic E-state index is 11.2. The van der Waals surface area contributed by atoms with Crippen LogP contribution in [0.3, 0.4) is 0 Å². The molecule has 0 radical (unpaired) electrons. The van der Waals surface area contributed by atoms with Gasteiger partial charge in [0.25, 0.3) is 0 Å². The van der Waals surface area contributed by atoms with Crippen LogP contribution in [0.15, 0.2) is 18.5 Å². The van der Waals surface area contributed by atoms with E-state index in [4.69, 9.17) is 0 Å². The van der Waals surface area contributed by atoms with Gasteiger partial charge in [-0.15, -0.1) is 0 Å². The summed E-state index contributed by atoms with van der Waals surface area (Å²) in [6.45, 7) is 0. The fourth-order valence-electron chi connectivity index (χ4n) is 1.36. The van der Waals surface area contributed by atoms with Crippen molar-refractivity contribution < 1.29 is 9.53 Å². The Balaban J connectivity index is 2.41. The molecule has 0 unspecified atom stereocenters. The lowest BCUT2D eigenvalue weighted by atomic mass is 10.1. The Kier molecular flexibility index (Phi) is 2.90. The highest BCUT2D eigenvalue weighted by Gasteiger charge is 2.09. The summed E-state index contributed by atoms with van der Waals surface area (Å²) in [5.41, 5.74) is 2.81. The number of benzene rings is 1. The minimum absolute atomic E-state index is 0.230. The van der Waals surface area contributed by atoms with Crippen LogP contribution in [0.2, 0.25) is 0 Å². The number of H-pyrrole nitrogens is 1. The average molecular weight is 316 g/mol. The predicted molar refractivity (Wildman–Crippen MR) is 64.5 cm³/mol. The molecular weight excluding hydrogens is 307 g/mol. The number of carbonyl (C=O) groups is 1. The van der Waals surface area contributed by atoms with Crippen LogP contribution in [0, 0.1) is 3.57 Å². The van der Waals surface area contributed by atoms with Gasteiger partial charge in [0.15, 0.2) is 0 Å². The summed E-state index contributed by atoms with van der Waals surface area (Å²) in [7, 11) is 1.39. The van der Waals surface area contributed by atoms with Gasteiger partial charge in [0.05, 0.1) is 30.9 Å². The number of rotatable bonds is 2. The van der Waals surface area contributed by atoms with Gasteiger partial charge in [0, 0.05) is 3.57 Å². The largest absolute Gasteiger partial charge is 0.469 e. The van der Waals surface area contributed by atoms with Gasteiger partial charge < -0.3 is 9.72 Å². The first-order chi connectivity index (χ1) is 7.20. The maximum atomic E-state index is 11.2. The normalized spacial score (nSPS) is 10.5. The molecule has 0 atom stereocenters. The van der Waals surface area contributed by atoms with Crippen LogP contribution in [-0.4, -0.2) is 23.0 Å². The first kappa shape index (κ1) is 10.4. The molecule has 0 saturated heterocycles. The van der Waals surface area contributed by atoms with Crippen molar-refractivity contribution in [2.24, 2.45) is 0 Å². The van der Waals surface area contributed by atoms with Crippen molar-refractivity contribution >= 4 is 39.6 Å². The summed E-state index contributed by atoms with van der Waals surface area (Å²) in [5, 5.41) is 0. The molecule has 2 rings (SSSR count). The number of hydrogen-bond acceptors (Lipinski definition) is 3. The molecule has 0 aliphatic rings. The van der Waals surface area contributed by atoms with Crippen molar-refractivity contribution in [3.63, 3.8) is 0 Å². The lowest BCUT2D eigenvalue weighted by Gasteiger charge is -2.03. The molecule has 0 bridgehead atoms. The van der Waals surface area contributed by atoms with E-state index in [1.807, 2.05) is 12.1 Å². The fourth-order valence-corrected chi connectivity index (χ4v) is 2.01. The van der Waals surface area contributed by atoms with E-state index in [-0.39, 0.29) is 5.97 Å². The number of methoxy groups -OCH3 is 1. The van der Waals surface area contributed by atoms with E-state index in [0.717, 1.165) is 20.2 Å². The third-order valence-electron chi connectivity index (χ3n) is 2.15. The summed E-state index contributed by atoms with van der Waals surface area (Å²) in [6, 6.07) is 3.88. The van der Waals surface area contributed by atoms with E-state index in [0.29, 0.717) is 6.42 Å². The van der Waals surface area contributed by atoms with Crippen LogP contribution in [-0.2, 0) is 16.0 Å². The third kappa shape index (κ3) is 2.11. The molecule has 1 aromatic heterocycles. The highest BCUT2D eigenvalue weighted by molar-refractivity contribution is 14.1. The minimum Gasteiger partial charge on any atom is -0.469 e. The Labute approximate surface area is 100 Å². The second-order valence-corrected chi connectivity index (χ2v) is 4.28. The molecule has 5 heteroatoms. The zero-order valence-corrected chi connectivity index (χ0v) is 10.2. The van der Waals surface area contributed by atoms with Crippen molar-refractivity contribution in [2.75, 3.05) is 7.11 Å². The lowest BCUT2D eigenvalue weighted by Crippen LogP contribution is -2.05. The number of fused-ring (bicyclic) bond motifs is 1. The maximum Gasteiger partial charge on any atom is 0.310 e. The SMILES string of the molecule is COC(=O)Cc1cc2[nH]cnc2cc1I. The smallest absolute Gasteiger partial charge is 0.310 e.